The second-order valence-corrected chi connectivity index (χ2v) is 9.63. The Balaban J connectivity index is 1.40. The van der Waals surface area contributed by atoms with Crippen molar-refractivity contribution >= 4 is 15.9 Å². The largest absolute Gasteiger partial charge is 0.335 e. The van der Waals surface area contributed by atoms with Crippen LogP contribution in [-0.4, -0.2) is 59.7 Å². The Bertz CT molecular complexity index is 934. The minimum absolute atomic E-state index is 0.216. The molecule has 2 aromatic rings. The summed E-state index contributed by atoms with van der Waals surface area (Å²) in [7, 11) is -3.56. The monoisotopic (exact) mass is 414 g/mol. The van der Waals surface area contributed by atoms with Crippen LogP contribution in [0.5, 0.6) is 0 Å². The molecule has 4 rings (SSSR count). The quantitative estimate of drug-likeness (QED) is 0.768. The molecule has 154 valence electrons. The van der Waals surface area contributed by atoms with Crippen molar-refractivity contribution in [2.24, 2.45) is 0 Å². The first-order chi connectivity index (χ1) is 14.1. The fourth-order valence-electron chi connectivity index (χ4n) is 4.20. The van der Waals surface area contributed by atoms with E-state index in [0.29, 0.717) is 23.9 Å². The summed E-state index contributed by atoms with van der Waals surface area (Å²) < 4.78 is 27.5. The molecule has 1 saturated carbocycles. The van der Waals surface area contributed by atoms with Crippen LogP contribution in [-0.2, 0) is 10.0 Å². The van der Waals surface area contributed by atoms with Gasteiger partial charge in [0.1, 0.15) is 5.69 Å². The summed E-state index contributed by atoms with van der Waals surface area (Å²) in [5, 5.41) is 0. The third-order valence-electron chi connectivity index (χ3n) is 5.90. The standard InChI is InChI=1S/C21H26N4O3S/c26-21(20-16-22-10-11-23-20)24-12-14-25(15-13-24)29(27,28)19-8-6-18(7-9-19)17-4-2-1-3-5-17/h6-11,16-17H,1-5,12-15H2. The number of rotatable bonds is 4. The molecule has 7 nitrogen and oxygen atoms in total. The Hall–Kier alpha value is -2.32. The first kappa shape index (κ1) is 20.0. The highest BCUT2D eigenvalue weighted by atomic mass is 32.2. The number of piperazine rings is 1. The summed E-state index contributed by atoms with van der Waals surface area (Å²) in [4.78, 5) is 22.4. The van der Waals surface area contributed by atoms with Crippen LogP contribution >= 0.6 is 0 Å². The van der Waals surface area contributed by atoms with Gasteiger partial charge in [-0.05, 0) is 36.5 Å². The van der Waals surface area contributed by atoms with Crippen molar-refractivity contribution in [3.8, 4) is 0 Å². The number of nitrogens with zero attached hydrogens (tertiary/aromatic N) is 4. The summed E-state index contributed by atoms with van der Waals surface area (Å²) in [6.07, 6.45) is 10.6. The van der Waals surface area contributed by atoms with Crippen molar-refractivity contribution in [3.05, 3.63) is 54.1 Å². The van der Waals surface area contributed by atoms with Gasteiger partial charge in [-0.25, -0.2) is 13.4 Å². The number of aromatic nitrogens is 2. The van der Waals surface area contributed by atoms with Gasteiger partial charge in [0, 0.05) is 38.6 Å². The van der Waals surface area contributed by atoms with E-state index in [2.05, 4.69) is 9.97 Å². The molecule has 8 heteroatoms. The lowest BCUT2D eigenvalue weighted by atomic mass is 9.84. The van der Waals surface area contributed by atoms with E-state index < -0.39 is 10.0 Å². The highest BCUT2D eigenvalue weighted by Gasteiger charge is 2.31. The molecule has 0 radical (unpaired) electrons. The van der Waals surface area contributed by atoms with E-state index in [0.717, 1.165) is 0 Å². The van der Waals surface area contributed by atoms with Crippen molar-refractivity contribution < 1.29 is 13.2 Å². The molecule has 1 aromatic heterocycles. The first-order valence-corrected chi connectivity index (χ1v) is 11.6. The third kappa shape index (κ3) is 4.33. The van der Waals surface area contributed by atoms with Crippen LogP contribution in [0.15, 0.2) is 47.8 Å². The van der Waals surface area contributed by atoms with Gasteiger partial charge < -0.3 is 4.90 Å². The summed E-state index contributed by atoms with van der Waals surface area (Å²) in [5.74, 6) is 0.336. The van der Waals surface area contributed by atoms with Gasteiger partial charge in [0.2, 0.25) is 10.0 Å². The maximum absolute atomic E-state index is 13.0. The van der Waals surface area contributed by atoms with Crippen molar-refractivity contribution in [1.29, 1.82) is 0 Å². The number of hydrogen-bond acceptors (Lipinski definition) is 5. The number of benzene rings is 1. The van der Waals surface area contributed by atoms with Crippen LogP contribution in [0.1, 0.15) is 54.1 Å². The predicted molar refractivity (Wildman–Crippen MR) is 109 cm³/mol. The molecule has 2 fully saturated rings. The molecule has 0 spiro atoms. The second kappa shape index (κ2) is 8.59. The number of carbonyl (C=O) groups excluding carboxylic acids is 1. The van der Waals surface area contributed by atoms with E-state index in [-0.39, 0.29) is 24.7 Å². The molecule has 29 heavy (non-hydrogen) atoms. The average Bonchev–Trinajstić information content (AvgIpc) is 2.80. The molecule has 0 bridgehead atoms. The first-order valence-electron chi connectivity index (χ1n) is 10.2. The maximum Gasteiger partial charge on any atom is 0.274 e. The van der Waals surface area contributed by atoms with Crippen molar-refractivity contribution in [2.45, 2.75) is 42.9 Å². The lowest BCUT2D eigenvalue weighted by Crippen LogP contribution is -2.50. The molecule has 1 aromatic carbocycles. The van der Waals surface area contributed by atoms with E-state index in [1.165, 1.54) is 60.6 Å². The Labute approximate surface area is 171 Å². The van der Waals surface area contributed by atoms with Crippen LogP contribution in [0.3, 0.4) is 0 Å². The Morgan fingerprint density at radius 3 is 2.24 bits per heavy atom. The number of sulfonamides is 1. The minimum Gasteiger partial charge on any atom is -0.335 e. The Morgan fingerprint density at radius 1 is 0.931 bits per heavy atom. The summed E-state index contributed by atoms with van der Waals surface area (Å²) >= 11 is 0. The van der Waals surface area contributed by atoms with E-state index in [1.807, 2.05) is 12.1 Å². The van der Waals surface area contributed by atoms with Gasteiger partial charge in [0.15, 0.2) is 0 Å². The fraction of sp³-hybridized carbons (Fsp3) is 0.476. The second-order valence-electron chi connectivity index (χ2n) is 7.69. The van der Waals surface area contributed by atoms with Crippen LogP contribution in [0, 0.1) is 0 Å². The lowest BCUT2D eigenvalue weighted by Gasteiger charge is -2.33. The van der Waals surface area contributed by atoms with Crippen LogP contribution in [0.2, 0.25) is 0 Å². The normalized spacial score (nSPS) is 19.2. The molecule has 1 amide bonds. The molecule has 1 aliphatic carbocycles. The Morgan fingerprint density at radius 2 is 1.62 bits per heavy atom. The molecular weight excluding hydrogens is 388 g/mol. The smallest absolute Gasteiger partial charge is 0.274 e. The number of hydrogen-bond donors (Lipinski definition) is 0. The molecule has 0 atom stereocenters. The lowest BCUT2D eigenvalue weighted by molar-refractivity contribution is 0.0691. The van der Waals surface area contributed by atoms with Gasteiger partial charge >= 0.3 is 0 Å². The van der Waals surface area contributed by atoms with Gasteiger partial charge in [0.05, 0.1) is 11.1 Å². The van der Waals surface area contributed by atoms with Gasteiger partial charge in [-0.1, -0.05) is 31.4 Å². The topological polar surface area (TPSA) is 83.5 Å². The van der Waals surface area contributed by atoms with Crippen LogP contribution in [0.4, 0.5) is 0 Å². The van der Waals surface area contributed by atoms with Gasteiger partial charge in [-0.15, -0.1) is 0 Å². The minimum atomic E-state index is -3.56. The van der Waals surface area contributed by atoms with E-state index in [1.54, 1.807) is 17.0 Å². The molecular formula is C21H26N4O3S. The predicted octanol–water partition coefficient (Wildman–Crippen LogP) is 2.67. The highest BCUT2D eigenvalue weighted by molar-refractivity contribution is 7.89. The summed E-state index contributed by atoms with van der Waals surface area (Å²) in [6, 6.07) is 7.40. The van der Waals surface area contributed by atoms with E-state index in [9.17, 15) is 13.2 Å². The van der Waals surface area contributed by atoms with E-state index in [4.69, 9.17) is 0 Å². The highest BCUT2D eigenvalue weighted by Crippen LogP contribution is 2.33. The van der Waals surface area contributed by atoms with Gasteiger partial charge in [-0.2, -0.15) is 4.31 Å². The molecule has 0 unspecified atom stereocenters. The molecule has 2 aliphatic rings. The van der Waals surface area contributed by atoms with Crippen molar-refractivity contribution in [2.75, 3.05) is 26.2 Å². The summed E-state index contributed by atoms with van der Waals surface area (Å²) in [5.41, 5.74) is 1.52. The van der Waals surface area contributed by atoms with Gasteiger partial charge in [-0.3, -0.25) is 9.78 Å². The molecule has 0 N–H and O–H groups in total. The van der Waals surface area contributed by atoms with Gasteiger partial charge in [0.25, 0.3) is 5.91 Å². The summed E-state index contributed by atoms with van der Waals surface area (Å²) in [6.45, 7) is 1.24. The number of amides is 1. The van der Waals surface area contributed by atoms with Crippen LogP contribution in [0.25, 0.3) is 0 Å². The Kier molecular flexibility index (Phi) is 5.91. The van der Waals surface area contributed by atoms with E-state index >= 15 is 0 Å². The third-order valence-corrected chi connectivity index (χ3v) is 7.82. The zero-order valence-electron chi connectivity index (χ0n) is 16.4. The fourth-order valence-corrected chi connectivity index (χ4v) is 5.62. The molecule has 2 heterocycles. The SMILES string of the molecule is O=C(c1cnccn1)N1CCN(S(=O)(=O)c2ccc(C3CCCCC3)cc2)CC1. The zero-order valence-corrected chi connectivity index (χ0v) is 17.2. The number of carbonyl (C=O) groups is 1. The average molecular weight is 415 g/mol. The molecule has 1 saturated heterocycles. The van der Waals surface area contributed by atoms with Crippen LogP contribution < -0.4 is 0 Å². The zero-order chi connectivity index (χ0) is 20.3. The maximum atomic E-state index is 13.0. The molecule has 1 aliphatic heterocycles. The van der Waals surface area contributed by atoms with Crippen molar-refractivity contribution in [3.63, 3.8) is 0 Å². The van der Waals surface area contributed by atoms with Crippen molar-refractivity contribution in [1.82, 2.24) is 19.2 Å².